The second-order valence-electron chi connectivity index (χ2n) is 16.7. The van der Waals surface area contributed by atoms with Crippen molar-refractivity contribution in [1.29, 1.82) is 0 Å². The van der Waals surface area contributed by atoms with Crippen molar-refractivity contribution in [3.63, 3.8) is 0 Å². The van der Waals surface area contributed by atoms with Crippen LogP contribution in [-0.4, -0.2) is 163 Å². The zero-order valence-electron chi connectivity index (χ0n) is 42.6. The lowest BCUT2D eigenvalue weighted by molar-refractivity contribution is -0.145. The largest absolute Gasteiger partial charge is 0.508 e. The third-order valence-electron chi connectivity index (χ3n) is 10.2. The Morgan fingerprint density at radius 3 is 1.41 bits per heavy atom. The summed E-state index contributed by atoms with van der Waals surface area (Å²) in [6.45, 7) is 1.14. The van der Waals surface area contributed by atoms with Crippen molar-refractivity contribution in [2.75, 3.05) is 12.3 Å². The first-order valence-corrected chi connectivity index (χ1v) is 24.0. The number of thiol groups is 1. The molecule has 0 amide bonds. The van der Waals surface area contributed by atoms with Crippen LogP contribution in [0.5, 0.6) is 5.75 Å². The van der Waals surface area contributed by atoms with Crippen LogP contribution in [0.4, 0.5) is 0 Å². The number of phenolic OH excluding ortho intramolecular Hbond substituents is 1. The summed E-state index contributed by atoms with van der Waals surface area (Å²) < 4.78 is 0. The number of nitrogens with zero attached hydrogens (tertiary/aromatic N) is 1. The highest BCUT2D eigenvalue weighted by Crippen LogP contribution is 2.30. The van der Waals surface area contributed by atoms with E-state index in [1.165, 1.54) is 30.9 Å². The lowest BCUT2D eigenvalue weighted by atomic mass is 10.0. The molecule has 2 aliphatic carbocycles. The number of aliphatic hydroxyl groups is 1. The number of aliphatic hydroxyl groups excluding tert-OH is 1. The lowest BCUT2D eigenvalue weighted by Gasteiger charge is -2.08. The number of carboxylic acid groups (broad SMARTS) is 8. The van der Waals surface area contributed by atoms with E-state index in [-0.39, 0.29) is 30.9 Å². The van der Waals surface area contributed by atoms with Crippen LogP contribution in [0.25, 0.3) is 5.57 Å². The molecule has 1 saturated carbocycles. The predicted octanol–water partition coefficient (Wildman–Crippen LogP) is -0.212. The molecule has 28 heteroatoms. The lowest BCUT2D eigenvalue weighted by Crippen LogP contribution is -2.32. The van der Waals surface area contributed by atoms with Crippen molar-refractivity contribution >= 4 is 66.0 Å². The maximum absolute atomic E-state index is 10.6. The molecule has 25 N–H and O–H groups in total. The average Bonchev–Trinajstić information content (AvgIpc) is 4.18. The molecule has 2 aliphatic rings. The van der Waals surface area contributed by atoms with Gasteiger partial charge in [0.15, 0.2) is 0 Å². The molecule has 8 atom stereocenters. The molecule has 78 heavy (non-hydrogen) atoms. The number of phenols is 1. The Balaban J connectivity index is 0. The highest BCUT2D eigenvalue weighted by atomic mass is 32.1. The number of H-pyrrole nitrogens is 1. The average molecular weight is 1120 g/mol. The summed E-state index contributed by atoms with van der Waals surface area (Å²) >= 11 is 3.65. The number of carboxylic acids is 8. The first kappa shape index (κ1) is 72.3. The number of hydrogen-bond acceptors (Lipinski definition) is 19. The number of rotatable bonds is 17. The molecule has 0 saturated heterocycles. The van der Waals surface area contributed by atoms with Crippen molar-refractivity contribution in [2.24, 2.45) is 46.1 Å². The minimum absolute atomic E-state index is 0.160. The molecule has 27 nitrogen and oxygen atoms in total. The highest BCUT2D eigenvalue weighted by molar-refractivity contribution is 7.80. The number of aromatic amines is 1. The molecule has 0 radical (unpaired) electrons. The van der Waals surface area contributed by atoms with Crippen molar-refractivity contribution < 1.29 is 89.4 Å². The standard InChI is InChI=1S/C12H13NO2.C9H11NO3.C9H11NO2.C6H9N3O2.C6H10O3.C3H7NO2S.C3H7NO2.C2H5NO2/c13-11(12(14)15)7-9-6-5-8-3-1-2-4-10(8)9;10-8(9(12)13)5-6-1-3-7(11)4-2-6;10-8(9(11)12)6-7-4-2-1-3-5-7;7-5(6(10)11)1-4-2-8-3-9-4;7-5-3-1-2-4(5)6(8)9;4-2(1-7)3(5)6;1-2(4)3(5)6;3-1-2(4)5/h1-4,6,11H,5,7,13H2,(H,14,15);1-4,8,11H,5,10H2,(H,12,13);1-5,8H,6,10H2,(H,11,12);2-3,5H,1,7H2,(H,8,9)(H,10,11);4-5,7H,1-3H2,(H,8,9);2,7H,1,4H2,(H,5,6);2H,4H2,1H3,(H,5,6);1,3H2,(H,4,5). The number of nitrogens with one attached hydrogen (secondary N) is 1. The minimum Gasteiger partial charge on any atom is -0.508 e. The van der Waals surface area contributed by atoms with Gasteiger partial charge in [-0.1, -0.05) is 72.8 Å². The van der Waals surface area contributed by atoms with Crippen LogP contribution in [0.15, 0.2) is 97.5 Å². The van der Waals surface area contributed by atoms with Crippen LogP contribution >= 0.6 is 12.6 Å². The molecule has 6 rings (SSSR count). The van der Waals surface area contributed by atoms with E-state index < -0.39 is 96.0 Å². The summed E-state index contributed by atoms with van der Waals surface area (Å²) in [7, 11) is 0. The van der Waals surface area contributed by atoms with E-state index in [2.05, 4.69) is 40.5 Å². The Kier molecular flexibility index (Phi) is 37.5. The Labute approximate surface area is 454 Å². The molecule has 432 valence electrons. The maximum Gasteiger partial charge on any atom is 0.321 e. The summed E-state index contributed by atoms with van der Waals surface area (Å²) in [6.07, 6.45) is 8.89. The molecule has 0 bridgehead atoms. The van der Waals surface area contributed by atoms with Crippen molar-refractivity contribution in [1.82, 2.24) is 9.97 Å². The van der Waals surface area contributed by atoms with E-state index >= 15 is 0 Å². The number of aromatic hydroxyl groups is 1. The molecule has 0 aliphatic heterocycles. The smallest absolute Gasteiger partial charge is 0.321 e. The fourth-order valence-corrected chi connectivity index (χ4v) is 5.98. The SMILES string of the molecule is CC(N)C(=O)O.NC(CC1=CCc2ccccc21)C(=O)O.NC(CS)C(=O)O.NC(Cc1ccc(O)cc1)C(=O)O.NC(Cc1ccccc1)C(=O)O.NC(Cc1cnc[nH]1)C(=O)O.NCC(=O)O.O=C(O)C1CCCC1O. The molecular formula is C50H73N9O18S. The highest BCUT2D eigenvalue weighted by Gasteiger charge is 2.31. The van der Waals surface area contributed by atoms with E-state index in [4.69, 9.17) is 85.5 Å². The van der Waals surface area contributed by atoms with Gasteiger partial charge in [0.1, 0.15) is 42.0 Å². The van der Waals surface area contributed by atoms with E-state index in [9.17, 15) is 38.4 Å². The van der Waals surface area contributed by atoms with Crippen molar-refractivity contribution in [3.8, 4) is 5.75 Å². The number of imidazole rings is 1. The number of aliphatic carboxylic acids is 8. The number of allylic oxidation sites excluding steroid dienone is 1. The van der Waals surface area contributed by atoms with Gasteiger partial charge in [-0.05, 0) is 91.8 Å². The normalized spacial score (nSPS) is 15.5. The topological polar surface area (TPSA) is 550 Å². The molecule has 1 heterocycles. The van der Waals surface area contributed by atoms with Gasteiger partial charge in [-0.15, -0.1) is 0 Å². The molecular weight excluding hydrogens is 1050 g/mol. The molecule has 4 aromatic rings. The van der Waals surface area contributed by atoms with Gasteiger partial charge in [-0.25, -0.2) is 4.98 Å². The predicted molar refractivity (Wildman–Crippen MR) is 288 cm³/mol. The van der Waals surface area contributed by atoms with Gasteiger partial charge in [0, 0.05) is 24.1 Å². The van der Waals surface area contributed by atoms with Gasteiger partial charge < -0.3 is 96.2 Å². The molecule has 3 aromatic carbocycles. The number of hydrogen-bond donors (Lipinski definition) is 19. The van der Waals surface area contributed by atoms with Crippen LogP contribution in [0, 0.1) is 5.92 Å². The van der Waals surface area contributed by atoms with Gasteiger partial charge in [0.2, 0.25) is 0 Å². The second-order valence-corrected chi connectivity index (χ2v) is 17.1. The van der Waals surface area contributed by atoms with E-state index in [1.54, 1.807) is 18.3 Å². The van der Waals surface area contributed by atoms with Gasteiger partial charge >= 0.3 is 47.8 Å². The Bertz CT molecular complexity index is 2450. The van der Waals surface area contributed by atoms with Crippen molar-refractivity contribution in [3.05, 3.63) is 125 Å². The van der Waals surface area contributed by atoms with Crippen molar-refractivity contribution in [2.45, 2.75) is 101 Å². The zero-order chi connectivity index (χ0) is 60.1. The Morgan fingerprint density at radius 2 is 1.05 bits per heavy atom. The fourth-order valence-electron chi connectivity index (χ4n) is 5.83. The summed E-state index contributed by atoms with van der Waals surface area (Å²) in [6, 6.07) is 18.8. The Morgan fingerprint density at radius 1 is 0.615 bits per heavy atom. The molecule has 1 aromatic heterocycles. The zero-order valence-corrected chi connectivity index (χ0v) is 43.5. The third kappa shape index (κ3) is 34.0. The van der Waals surface area contributed by atoms with E-state index in [0.29, 0.717) is 25.7 Å². The number of nitrogens with two attached hydrogens (primary N) is 7. The van der Waals surface area contributed by atoms with E-state index in [0.717, 1.165) is 40.8 Å². The number of benzene rings is 3. The van der Waals surface area contributed by atoms with Crippen LogP contribution in [0.1, 0.15) is 60.6 Å². The quantitative estimate of drug-likeness (QED) is 0.0608. The number of fused-ring (bicyclic) bond motifs is 1. The summed E-state index contributed by atoms with van der Waals surface area (Å²) in [5, 5.41) is 84.0. The molecule has 0 spiro atoms. The first-order chi connectivity index (χ1) is 36.5. The van der Waals surface area contributed by atoms with Gasteiger partial charge in [0.25, 0.3) is 0 Å². The molecule has 8 unspecified atom stereocenters. The number of aromatic nitrogens is 2. The summed E-state index contributed by atoms with van der Waals surface area (Å²) in [5.41, 5.74) is 41.7. The minimum atomic E-state index is -1.02. The third-order valence-corrected chi connectivity index (χ3v) is 10.6. The van der Waals surface area contributed by atoms with E-state index in [1.807, 2.05) is 48.5 Å². The monoisotopic (exact) mass is 1120 g/mol. The molecule has 1 fully saturated rings. The van der Waals surface area contributed by atoms with Gasteiger partial charge in [-0.3, -0.25) is 38.4 Å². The number of carbonyl (C=O) groups is 8. The maximum atomic E-state index is 10.6. The Hall–Kier alpha value is -7.80. The van der Waals surface area contributed by atoms with Crippen LogP contribution in [0.2, 0.25) is 0 Å². The second kappa shape index (κ2) is 40.5. The summed E-state index contributed by atoms with van der Waals surface area (Å²) in [4.78, 5) is 87.0. The van der Waals surface area contributed by atoms with Crippen LogP contribution in [0.3, 0.4) is 0 Å². The van der Waals surface area contributed by atoms with Crippen LogP contribution in [-0.2, 0) is 64.0 Å². The van der Waals surface area contributed by atoms with Gasteiger partial charge in [0.05, 0.1) is 24.9 Å². The fraction of sp³-hybridized carbons (Fsp3) is 0.380. The first-order valence-electron chi connectivity index (χ1n) is 23.4. The van der Waals surface area contributed by atoms with Crippen LogP contribution < -0.4 is 40.1 Å². The van der Waals surface area contributed by atoms with Gasteiger partial charge in [-0.2, -0.15) is 12.6 Å². The summed E-state index contributed by atoms with van der Waals surface area (Å²) in [5.74, 6) is -7.87.